The molecular weight excluding hydrogens is 277 g/mol. The summed E-state index contributed by atoms with van der Waals surface area (Å²) in [6.07, 6.45) is 4.99. The fraction of sp³-hybridized carbons (Fsp3) is 1.00. The Balaban J connectivity index is 4.64. The van der Waals surface area contributed by atoms with E-state index in [4.69, 9.17) is 19.7 Å². The average molecular weight is 309 g/mol. The van der Waals surface area contributed by atoms with E-state index >= 15 is 0 Å². The third kappa shape index (κ3) is 8.38. The number of unbranched alkanes of at least 4 members (excludes halogenated alkanes) is 2. The first-order valence-electron chi connectivity index (χ1n) is 7.81. The van der Waals surface area contributed by atoms with Crippen LogP contribution in [0.15, 0.2) is 0 Å². The van der Waals surface area contributed by atoms with Gasteiger partial charge in [-0.2, -0.15) is 0 Å². The van der Waals surface area contributed by atoms with Gasteiger partial charge >= 0.3 is 0 Å². The van der Waals surface area contributed by atoms with Crippen molar-refractivity contribution in [1.29, 1.82) is 0 Å². The summed E-state index contributed by atoms with van der Waals surface area (Å²) in [4.78, 5) is 0. The molecule has 5 nitrogen and oxygen atoms in total. The summed E-state index contributed by atoms with van der Waals surface area (Å²) < 4.78 is 29.8. The molecule has 0 radical (unpaired) electrons. The monoisotopic (exact) mass is 309 g/mol. The van der Waals surface area contributed by atoms with E-state index in [2.05, 4.69) is 13.8 Å². The largest absolute Gasteiger partial charge is 0.344 e. The Hall–Kier alpha value is 0.0700. The highest BCUT2D eigenvalue weighted by atomic mass is 31.2. The topological polar surface area (TPSA) is 70.8 Å². The van der Waals surface area contributed by atoms with Crippen molar-refractivity contribution in [3.63, 3.8) is 0 Å². The van der Waals surface area contributed by atoms with Gasteiger partial charge in [-0.15, -0.1) is 0 Å². The lowest BCUT2D eigenvalue weighted by molar-refractivity contribution is -0.0977. The molecule has 1 unspecified atom stereocenters. The second-order valence-corrected chi connectivity index (χ2v) is 7.34. The lowest BCUT2D eigenvalue weighted by Gasteiger charge is -2.27. The van der Waals surface area contributed by atoms with Crippen molar-refractivity contribution in [3.05, 3.63) is 0 Å². The first-order valence-corrected chi connectivity index (χ1v) is 9.69. The molecule has 6 heteroatoms. The van der Waals surface area contributed by atoms with Gasteiger partial charge in [-0.3, -0.25) is 4.57 Å². The molecule has 0 aromatic rings. The van der Waals surface area contributed by atoms with Gasteiger partial charge in [0.1, 0.15) is 0 Å². The molecule has 0 saturated heterocycles. The van der Waals surface area contributed by atoms with E-state index < -0.39 is 13.4 Å². The van der Waals surface area contributed by atoms with Crippen molar-refractivity contribution in [2.45, 2.75) is 58.9 Å². The van der Waals surface area contributed by atoms with Gasteiger partial charge in [0.25, 0.3) is 7.37 Å². The Morgan fingerprint density at radius 3 is 1.95 bits per heavy atom. The molecule has 0 spiro atoms. The standard InChI is InChI=1S/C14H32NO4P/c1-4-7-11-17-14(18-12-8-5-2)20(16,19-6-3)13-9-10-15/h14H,4-13,15H2,1-3H3. The molecule has 0 saturated carbocycles. The first-order chi connectivity index (χ1) is 9.64. The second kappa shape index (κ2) is 12.8. The van der Waals surface area contributed by atoms with E-state index in [1.54, 1.807) is 0 Å². The maximum atomic E-state index is 12.9. The SMILES string of the molecule is CCCCOC(OCCCC)P(=O)(CCCN)OCC. The molecule has 0 aliphatic heterocycles. The normalized spacial score (nSPS) is 14.7. The van der Waals surface area contributed by atoms with Gasteiger partial charge in [0.15, 0.2) is 0 Å². The lowest BCUT2D eigenvalue weighted by atomic mass is 10.4. The minimum atomic E-state index is -2.95. The lowest BCUT2D eigenvalue weighted by Crippen LogP contribution is -2.23. The van der Waals surface area contributed by atoms with Crippen molar-refractivity contribution >= 4 is 7.37 Å². The fourth-order valence-electron chi connectivity index (χ4n) is 1.69. The molecule has 2 N–H and O–H groups in total. The summed E-state index contributed by atoms with van der Waals surface area (Å²) in [6.45, 7) is 8.00. The quantitative estimate of drug-likeness (QED) is 0.302. The third-order valence-corrected chi connectivity index (χ3v) is 5.43. The van der Waals surface area contributed by atoms with E-state index in [-0.39, 0.29) is 0 Å². The van der Waals surface area contributed by atoms with Crippen LogP contribution >= 0.6 is 7.37 Å². The van der Waals surface area contributed by atoms with Crippen LogP contribution in [0.5, 0.6) is 0 Å². The number of nitrogens with two attached hydrogens (primary N) is 1. The van der Waals surface area contributed by atoms with Crippen LogP contribution < -0.4 is 5.73 Å². The zero-order valence-electron chi connectivity index (χ0n) is 13.3. The number of rotatable bonds is 14. The van der Waals surface area contributed by atoms with Crippen LogP contribution in [0.3, 0.4) is 0 Å². The predicted octanol–water partition coefficient (Wildman–Crippen LogP) is 3.57. The highest BCUT2D eigenvalue weighted by Crippen LogP contribution is 2.53. The summed E-state index contributed by atoms with van der Waals surface area (Å²) >= 11 is 0. The van der Waals surface area contributed by atoms with Gasteiger partial charge < -0.3 is 19.7 Å². The molecule has 0 heterocycles. The van der Waals surface area contributed by atoms with Crippen molar-refractivity contribution in [2.75, 3.05) is 32.5 Å². The van der Waals surface area contributed by atoms with E-state index in [0.29, 0.717) is 38.9 Å². The maximum Gasteiger partial charge on any atom is 0.257 e. The summed E-state index contributed by atoms with van der Waals surface area (Å²) in [5.41, 5.74) is 5.52. The van der Waals surface area contributed by atoms with Crippen LogP contribution in [0.4, 0.5) is 0 Å². The minimum Gasteiger partial charge on any atom is -0.344 e. The molecule has 0 aliphatic carbocycles. The maximum absolute atomic E-state index is 12.9. The fourth-order valence-corrected chi connectivity index (χ4v) is 3.88. The summed E-state index contributed by atoms with van der Waals surface area (Å²) in [5, 5.41) is 0. The van der Waals surface area contributed by atoms with Gasteiger partial charge in [-0.05, 0) is 32.7 Å². The molecule has 1 atom stereocenters. The van der Waals surface area contributed by atoms with Crippen LogP contribution in [-0.2, 0) is 18.6 Å². The van der Waals surface area contributed by atoms with E-state index in [1.807, 2.05) is 6.92 Å². The van der Waals surface area contributed by atoms with Crippen LogP contribution in [0.1, 0.15) is 52.9 Å². The molecule has 122 valence electrons. The van der Waals surface area contributed by atoms with Crippen molar-refractivity contribution in [3.8, 4) is 0 Å². The van der Waals surface area contributed by atoms with Crippen molar-refractivity contribution < 1.29 is 18.6 Å². The van der Waals surface area contributed by atoms with Gasteiger partial charge in [-0.25, -0.2) is 0 Å². The highest BCUT2D eigenvalue weighted by Gasteiger charge is 2.35. The summed E-state index contributed by atoms with van der Waals surface area (Å²) in [6, 6.07) is -0.743. The summed E-state index contributed by atoms with van der Waals surface area (Å²) in [5.74, 6) is 0. The smallest absolute Gasteiger partial charge is 0.257 e. The van der Waals surface area contributed by atoms with Crippen LogP contribution in [-0.4, -0.2) is 38.6 Å². The highest BCUT2D eigenvalue weighted by molar-refractivity contribution is 7.59. The van der Waals surface area contributed by atoms with Crippen molar-refractivity contribution in [2.24, 2.45) is 5.73 Å². The average Bonchev–Trinajstić information content (AvgIpc) is 2.44. The molecule has 0 fully saturated rings. The van der Waals surface area contributed by atoms with E-state index in [0.717, 1.165) is 25.7 Å². The number of hydrogen-bond acceptors (Lipinski definition) is 5. The third-order valence-electron chi connectivity index (χ3n) is 2.86. The summed E-state index contributed by atoms with van der Waals surface area (Å²) in [7, 11) is -2.95. The Morgan fingerprint density at radius 2 is 1.55 bits per heavy atom. The van der Waals surface area contributed by atoms with Gasteiger partial charge in [-0.1, -0.05) is 26.7 Å². The Labute approximate surface area is 124 Å². The van der Waals surface area contributed by atoms with E-state index in [9.17, 15) is 4.57 Å². The molecule has 20 heavy (non-hydrogen) atoms. The van der Waals surface area contributed by atoms with Gasteiger partial charge in [0.05, 0.1) is 19.8 Å². The predicted molar refractivity (Wildman–Crippen MR) is 83.3 cm³/mol. The second-order valence-electron chi connectivity index (χ2n) is 4.77. The van der Waals surface area contributed by atoms with Crippen LogP contribution in [0, 0.1) is 0 Å². The van der Waals surface area contributed by atoms with E-state index in [1.165, 1.54) is 0 Å². The molecule has 0 aliphatic rings. The minimum absolute atomic E-state index is 0.395. The number of hydrogen-bond donors (Lipinski definition) is 1. The number of ether oxygens (including phenoxy) is 2. The Bertz CT molecular complexity index is 254. The van der Waals surface area contributed by atoms with Crippen molar-refractivity contribution in [1.82, 2.24) is 0 Å². The molecule has 0 rings (SSSR count). The molecule has 0 aromatic carbocycles. The van der Waals surface area contributed by atoms with Gasteiger partial charge in [0.2, 0.25) is 6.03 Å². The molecular formula is C14H32NO4P. The first kappa shape index (κ1) is 20.1. The van der Waals surface area contributed by atoms with Crippen LogP contribution in [0.2, 0.25) is 0 Å². The molecule has 0 bridgehead atoms. The molecule has 0 aromatic heterocycles. The zero-order valence-corrected chi connectivity index (χ0v) is 14.2. The Kier molecular flexibility index (Phi) is 12.8. The van der Waals surface area contributed by atoms with Crippen LogP contribution in [0.25, 0.3) is 0 Å². The zero-order chi connectivity index (χ0) is 15.3. The molecule has 0 amide bonds. The Morgan fingerprint density at radius 1 is 1.00 bits per heavy atom. The van der Waals surface area contributed by atoms with Gasteiger partial charge in [0, 0.05) is 6.16 Å².